The third-order valence-electron chi connectivity index (χ3n) is 4.51. The minimum atomic E-state index is -0.943. The molecule has 0 spiro atoms. The summed E-state index contributed by atoms with van der Waals surface area (Å²) in [6.45, 7) is 1.95. The molecule has 25 heavy (non-hydrogen) atoms. The summed E-state index contributed by atoms with van der Waals surface area (Å²) >= 11 is 0. The molecule has 0 radical (unpaired) electrons. The van der Waals surface area contributed by atoms with Gasteiger partial charge in [0.25, 0.3) is 5.91 Å². The van der Waals surface area contributed by atoms with Gasteiger partial charge in [0.05, 0.1) is 14.2 Å². The summed E-state index contributed by atoms with van der Waals surface area (Å²) in [5.74, 6) is -0.862. The molecule has 0 saturated heterocycles. The standard InChI is InChI=1S/C19H19NO5/c1-11-16(24-2)8-12(9-17(11)25-3)18(21)20-10-14(19(22)23)13-6-4-5-7-15(13)20/h4-9,14H,10H2,1-3H3,(H,22,23). The highest BCUT2D eigenvalue weighted by Crippen LogP contribution is 2.38. The molecule has 1 aliphatic heterocycles. The molecule has 1 unspecified atom stereocenters. The number of aliphatic carboxylic acids is 1. The van der Waals surface area contributed by atoms with Gasteiger partial charge >= 0.3 is 5.97 Å². The zero-order chi connectivity index (χ0) is 18.1. The van der Waals surface area contributed by atoms with Gasteiger partial charge in [-0.15, -0.1) is 0 Å². The molecule has 130 valence electrons. The summed E-state index contributed by atoms with van der Waals surface area (Å²) in [5.41, 5.74) is 2.46. The molecule has 0 fully saturated rings. The Bertz CT molecular complexity index is 820. The summed E-state index contributed by atoms with van der Waals surface area (Å²) in [4.78, 5) is 26.1. The normalized spacial score (nSPS) is 15.6. The van der Waals surface area contributed by atoms with E-state index < -0.39 is 11.9 Å². The summed E-state index contributed by atoms with van der Waals surface area (Å²) in [6.07, 6.45) is 0. The van der Waals surface area contributed by atoms with Crippen molar-refractivity contribution in [3.8, 4) is 11.5 Å². The van der Waals surface area contributed by atoms with Gasteiger partial charge in [-0.25, -0.2) is 0 Å². The number of carboxylic acid groups (broad SMARTS) is 1. The first-order chi connectivity index (χ1) is 12.0. The van der Waals surface area contributed by atoms with E-state index in [1.807, 2.05) is 6.92 Å². The van der Waals surface area contributed by atoms with Gasteiger partial charge in [0.1, 0.15) is 17.4 Å². The maximum atomic E-state index is 13.0. The number of methoxy groups -OCH3 is 2. The van der Waals surface area contributed by atoms with Gasteiger partial charge in [0.15, 0.2) is 0 Å². The van der Waals surface area contributed by atoms with Gasteiger partial charge in [-0.2, -0.15) is 0 Å². The van der Waals surface area contributed by atoms with Crippen molar-refractivity contribution in [1.82, 2.24) is 0 Å². The number of anilines is 1. The number of para-hydroxylation sites is 1. The van der Waals surface area contributed by atoms with Crippen molar-refractivity contribution >= 4 is 17.6 Å². The molecule has 2 aromatic carbocycles. The summed E-state index contributed by atoms with van der Waals surface area (Å²) < 4.78 is 10.6. The van der Waals surface area contributed by atoms with Crippen LogP contribution < -0.4 is 14.4 Å². The first kappa shape index (κ1) is 16.8. The van der Waals surface area contributed by atoms with Gasteiger partial charge in [0, 0.05) is 23.4 Å². The number of rotatable bonds is 4. The molecule has 6 heteroatoms. The second-order valence-corrected chi connectivity index (χ2v) is 5.87. The van der Waals surface area contributed by atoms with Crippen LogP contribution in [-0.4, -0.2) is 37.7 Å². The number of carbonyl (C=O) groups excluding carboxylic acids is 1. The fraction of sp³-hybridized carbons (Fsp3) is 0.263. The zero-order valence-corrected chi connectivity index (χ0v) is 14.3. The monoisotopic (exact) mass is 341 g/mol. The minimum absolute atomic E-state index is 0.103. The predicted octanol–water partition coefficient (Wildman–Crippen LogP) is 2.84. The maximum absolute atomic E-state index is 13.0. The molecule has 0 bridgehead atoms. The molecule has 2 aromatic rings. The van der Waals surface area contributed by atoms with E-state index >= 15 is 0 Å². The van der Waals surface area contributed by atoms with Crippen LogP contribution in [0.5, 0.6) is 11.5 Å². The van der Waals surface area contributed by atoms with Gasteiger partial charge in [-0.05, 0) is 30.7 Å². The zero-order valence-electron chi connectivity index (χ0n) is 14.3. The average Bonchev–Trinajstić information content (AvgIpc) is 3.01. The Hall–Kier alpha value is -3.02. The van der Waals surface area contributed by atoms with E-state index in [-0.39, 0.29) is 12.5 Å². The predicted molar refractivity (Wildman–Crippen MR) is 92.8 cm³/mol. The van der Waals surface area contributed by atoms with Crippen LogP contribution in [0.15, 0.2) is 36.4 Å². The van der Waals surface area contributed by atoms with Gasteiger partial charge in [-0.3, -0.25) is 9.59 Å². The van der Waals surface area contributed by atoms with E-state index in [0.29, 0.717) is 28.3 Å². The van der Waals surface area contributed by atoms with Crippen molar-refractivity contribution in [3.63, 3.8) is 0 Å². The van der Waals surface area contributed by atoms with Crippen LogP contribution in [0.4, 0.5) is 5.69 Å². The number of hydrogen-bond acceptors (Lipinski definition) is 4. The lowest BCUT2D eigenvalue weighted by Gasteiger charge is -2.19. The fourth-order valence-corrected chi connectivity index (χ4v) is 3.18. The first-order valence-electron chi connectivity index (χ1n) is 7.84. The van der Waals surface area contributed by atoms with Crippen LogP contribution in [0.3, 0.4) is 0 Å². The number of fused-ring (bicyclic) bond motifs is 1. The quantitative estimate of drug-likeness (QED) is 0.925. The lowest BCUT2D eigenvalue weighted by Crippen LogP contribution is -2.31. The van der Waals surface area contributed by atoms with Crippen molar-refractivity contribution in [2.45, 2.75) is 12.8 Å². The largest absolute Gasteiger partial charge is 0.496 e. The second kappa shape index (κ2) is 6.47. The number of nitrogens with zero attached hydrogens (tertiary/aromatic N) is 1. The molecule has 1 atom stereocenters. The molecule has 0 aromatic heterocycles. The molecule has 1 aliphatic rings. The Balaban J connectivity index is 2.04. The van der Waals surface area contributed by atoms with E-state index in [0.717, 1.165) is 5.56 Å². The number of carboxylic acids is 1. The summed E-state index contributed by atoms with van der Waals surface area (Å²) in [6, 6.07) is 10.4. The topological polar surface area (TPSA) is 76.1 Å². The Kier molecular flexibility index (Phi) is 4.35. The molecular weight excluding hydrogens is 322 g/mol. The number of benzene rings is 2. The average molecular weight is 341 g/mol. The van der Waals surface area contributed by atoms with Crippen molar-refractivity contribution in [1.29, 1.82) is 0 Å². The van der Waals surface area contributed by atoms with Crippen LogP contribution in [0, 0.1) is 6.92 Å². The van der Waals surface area contributed by atoms with Crippen LogP contribution in [-0.2, 0) is 4.79 Å². The van der Waals surface area contributed by atoms with Gasteiger partial charge in [0.2, 0.25) is 0 Å². The first-order valence-corrected chi connectivity index (χ1v) is 7.84. The van der Waals surface area contributed by atoms with Crippen LogP contribution in [0.1, 0.15) is 27.4 Å². The molecule has 0 saturated carbocycles. The number of amides is 1. The molecule has 0 aliphatic carbocycles. The second-order valence-electron chi connectivity index (χ2n) is 5.87. The molecule has 6 nitrogen and oxygen atoms in total. The highest BCUT2D eigenvalue weighted by molar-refractivity contribution is 6.09. The fourth-order valence-electron chi connectivity index (χ4n) is 3.18. The highest BCUT2D eigenvalue weighted by atomic mass is 16.5. The van der Waals surface area contributed by atoms with Crippen molar-refractivity contribution in [3.05, 3.63) is 53.1 Å². The molecular formula is C19H19NO5. The third kappa shape index (κ3) is 2.80. The molecule has 3 rings (SSSR count). The lowest BCUT2D eigenvalue weighted by molar-refractivity contribution is -0.138. The maximum Gasteiger partial charge on any atom is 0.312 e. The smallest absolute Gasteiger partial charge is 0.312 e. The third-order valence-corrected chi connectivity index (χ3v) is 4.51. The van der Waals surface area contributed by atoms with Gasteiger partial charge < -0.3 is 19.5 Å². The summed E-state index contributed by atoms with van der Waals surface area (Å²) in [5, 5.41) is 9.45. The molecule has 1 amide bonds. The van der Waals surface area contributed by atoms with Crippen molar-refractivity contribution in [2.24, 2.45) is 0 Å². The highest BCUT2D eigenvalue weighted by Gasteiger charge is 2.36. The van der Waals surface area contributed by atoms with Crippen LogP contribution in [0.2, 0.25) is 0 Å². The van der Waals surface area contributed by atoms with E-state index in [9.17, 15) is 14.7 Å². The van der Waals surface area contributed by atoms with E-state index in [4.69, 9.17) is 9.47 Å². The number of ether oxygens (including phenoxy) is 2. The van der Waals surface area contributed by atoms with Crippen molar-refractivity contribution < 1.29 is 24.2 Å². The van der Waals surface area contributed by atoms with Gasteiger partial charge in [-0.1, -0.05) is 18.2 Å². The Labute approximate surface area is 145 Å². The van der Waals surface area contributed by atoms with E-state index in [1.165, 1.54) is 19.1 Å². The molecule has 1 N–H and O–H groups in total. The Morgan fingerprint density at radius 1 is 1.12 bits per heavy atom. The van der Waals surface area contributed by atoms with Crippen LogP contribution in [0.25, 0.3) is 0 Å². The number of carbonyl (C=O) groups is 2. The SMILES string of the molecule is COc1cc(C(=O)N2CC(C(=O)O)c3ccccc32)cc(OC)c1C. The van der Waals surface area contributed by atoms with E-state index in [2.05, 4.69) is 0 Å². The molecule has 1 heterocycles. The van der Waals surface area contributed by atoms with Crippen molar-refractivity contribution in [2.75, 3.05) is 25.7 Å². The van der Waals surface area contributed by atoms with Crippen LogP contribution >= 0.6 is 0 Å². The summed E-state index contributed by atoms with van der Waals surface area (Å²) in [7, 11) is 3.06. The Morgan fingerprint density at radius 3 is 2.28 bits per heavy atom. The lowest BCUT2D eigenvalue weighted by atomic mass is 10.0. The van der Waals surface area contributed by atoms with E-state index in [1.54, 1.807) is 36.4 Å². The number of hydrogen-bond donors (Lipinski definition) is 1. The Morgan fingerprint density at radius 2 is 1.72 bits per heavy atom. The minimum Gasteiger partial charge on any atom is -0.496 e.